The zero-order valence-electron chi connectivity index (χ0n) is 12.3. The lowest BCUT2D eigenvalue weighted by molar-refractivity contribution is -0.136. The van der Waals surface area contributed by atoms with E-state index in [0.29, 0.717) is 11.2 Å². The third kappa shape index (κ3) is 2.89. The summed E-state index contributed by atoms with van der Waals surface area (Å²) in [6, 6.07) is 6.85. The SMILES string of the molecule is O=C(O)CCNC(=O)c1c(O)ccc2nc3ccc(=O)cc-3oc12. The second-order valence-electron chi connectivity index (χ2n) is 5.05. The summed E-state index contributed by atoms with van der Waals surface area (Å²) in [5.74, 6) is -1.90. The maximum absolute atomic E-state index is 12.3. The number of carbonyl (C=O) groups excluding carboxylic acids is 1. The zero-order chi connectivity index (χ0) is 17.3. The van der Waals surface area contributed by atoms with Gasteiger partial charge in [0.25, 0.3) is 5.91 Å². The Bertz CT molecular complexity index is 978. The highest BCUT2D eigenvalue weighted by atomic mass is 16.4. The minimum Gasteiger partial charge on any atom is -0.507 e. The molecule has 24 heavy (non-hydrogen) atoms. The fourth-order valence-corrected chi connectivity index (χ4v) is 2.25. The van der Waals surface area contributed by atoms with E-state index in [0.717, 1.165) is 0 Å². The van der Waals surface area contributed by atoms with Crippen LogP contribution in [0.5, 0.6) is 5.75 Å². The molecule has 1 aliphatic heterocycles. The molecule has 3 rings (SSSR count). The molecule has 1 heterocycles. The van der Waals surface area contributed by atoms with Crippen molar-refractivity contribution in [3.63, 3.8) is 0 Å². The Morgan fingerprint density at radius 3 is 2.75 bits per heavy atom. The van der Waals surface area contributed by atoms with Crippen LogP contribution in [-0.2, 0) is 4.79 Å². The molecular weight excluding hydrogens is 316 g/mol. The molecule has 0 bridgehead atoms. The van der Waals surface area contributed by atoms with Crippen LogP contribution < -0.4 is 10.7 Å². The lowest BCUT2D eigenvalue weighted by Crippen LogP contribution is -2.26. The highest BCUT2D eigenvalue weighted by Crippen LogP contribution is 2.30. The molecule has 122 valence electrons. The third-order valence-corrected chi connectivity index (χ3v) is 3.35. The molecule has 1 aromatic rings. The van der Waals surface area contributed by atoms with Crippen LogP contribution in [0.4, 0.5) is 0 Å². The van der Waals surface area contributed by atoms with Gasteiger partial charge in [-0.25, -0.2) is 4.98 Å². The van der Waals surface area contributed by atoms with E-state index in [1.165, 1.54) is 30.3 Å². The quantitative estimate of drug-likeness (QED) is 0.613. The van der Waals surface area contributed by atoms with E-state index in [9.17, 15) is 19.5 Å². The van der Waals surface area contributed by atoms with Crippen LogP contribution in [0.1, 0.15) is 16.8 Å². The predicted octanol–water partition coefficient (Wildman–Crippen LogP) is 1.20. The maximum Gasteiger partial charge on any atom is 0.305 e. The molecular formula is C16H12N2O6. The molecule has 0 atom stereocenters. The zero-order valence-corrected chi connectivity index (χ0v) is 12.3. The summed E-state index contributed by atoms with van der Waals surface area (Å²) in [4.78, 5) is 38.5. The number of benzene rings is 2. The number of aromatic hydroxyl groups is 1. The van der Waals surface area contributed by atoms with Crippen molar-refractivity contribution in [3.05, 3.63) is 46.1 Å². The fourth-order valence-electron chi connectivity index (χ4n) is 2.25. The molecule has 0 spiro atoms. The Kier molecular flexibility index (Phi) is 3.87. The van der Waals surface area contributed by atoms with Crippen molar-refractivity contribution < 1.29 is 24.2 Å². The number of nitrogens with zero attached hydrogens (tertiary/aromatic N) is 1. The Hall–Kier alpha value is -3.42. The summed E-state index contributed by atoms with van der Waals surface area (Å²) in [7, 11) is 0. The Balaban J connectivity index is 2.10. The Labute approximate surface area is 134 Å². The summed E-state index contributed by atoms with van der Waals surface area (Å²) in [6.45, 7) is -0.101. The number of carbonyl (C=O) groups is 2. The van der Waals surface area contributed by atoms with Crippen molar-refractivity contribution in [3.8, 4) is 17.2 Å². The number of aliphatic carboxylic acids is 1. The van der Waals surface area contributed by atoms with Crippen LogP contribution in [0.3, 0.4) is 0 Å². The molecule has 1 aliphatic carbocycles. The van der Waals surface area contributed by atoms with Gasteiger partial charge >= 0.3 is 5.97 Å². The van der Waals surface area contributed by atoms with E-state index >= 15 is 0 Å². The molecule has 0 aromatic heterocycles. The molecule has 3 N–H and O–H groups in total. The number of rotatable bonds is 4. The fraction of sp³-hybridized carbons (Fsp3) is 0.125. The van der Waals surface area contributed by atoms with Crippen LogP contribution in [0.15, 0.2) is 39.5 Å². The second kappa shape index (κ2) is 5.99. The van der Waals surface area contributed by atoms with Crippen molar-refractivity contribution >= 4 is 23.0 Å². The molecule has 0 radical (unpaired) electrons. The van der Waals surface area contributed by atoms with Crippen molar-refractivity contribution in [2.45, 2.75) is 6.42 Å². The average Bonchev–Trinajstić information content (AvgIpc) is 2.52. The Morgan fingerprint density at radius 2 is 2.00 bits per heavy atom. The van der Waals surface area contributed by atoms with Crippen LogP contribution >= 0.6 is 0 Å². The second-order valence-corrected chi connectivity index (χ2v) is 5.05. The number of carboxylic acids is 1. The summed E-state index contributed by atoms with van der Waals surface area (Å²) < 4.78 is 5.59. The highest BCUT2D eigenvalue weighted by molar-refractivity contribution is 6.06. The predicted molar refractivity (Wildman–Crippen MR) is 83.2 cm³/mol. The third-order valence-electron chi connectivity index (χ3n) is 3.35. The topological polar surface area (TPSA) is 130 Å². The van der Waals surface area contributed by atoms with E-state index in [4.69, 9.17) is 9.52 Å². The Morgan fingerprint density at radius 1 is 1.21 bits per heavy atom. The average molecular weight is 328 g/mol. The molecule has 1 aromatic carbocycles. The first kappa shape index (κ1) is 15.5. The number of nitrogens with one attached hydrogen (secondary N) is 1. The van der Waals surface area contributed by atoms with Gasteiger partial charge in [-0.2, -0.15) is 0 Å². The molecule has 0 saturated heterocycles. The number of phenolic OH excluding ortho intramolecular Hbond substituents is 1. The van der Waals surface area contributed by atoms with Gasteiger partial charge in [0.05, 0.1) is 6.42 Å². The minimum absolute atomic E-state index is 0.0147. The summed E-state index contributed by atoms with van der Waals surface area (Å²) >= 11 is 0. The van der Waals surface area contributed by atoms with Gasteiger partial charge < -0.3 is 19.9 Å². The standard InChI is InChI=1S/C16H12N2O6/c19-8-1-2-9-12(7-8)24-15-10(18-9)3-4-11(20)14(15)16(23)17-6-5-13(21)22/h1-4,7,20H,5-6H2,(H,17,23)(H,21,22). The lowest BCUT2D eigenvalue weighted by Gasteiger charge is -2.11. The van der Waals surface area contributed by atoms with E-state index < -0.39 is 11.9 Å². The van der Waals surface area contributed by atoms with Gasteiger partial charge in [0.2, 0.25) is 0 Å². The molecule has 8 heteroatoms. The molecule has 2 aliphatic rings. The van der Waals surface area contributed by atoms with Gasteiger partial charge in [-0.1, -0.05) is 0 Å². The van der Waals surface area contributed by atoms with Crippen LogP contribution in [-0.4, -0.2) is 33.6 Å². The van der Waals surface area contributed by atoms with Crippen molar-refractivity contribution in [1.82, 2.24) is 10.3 Å². The molecule has 0 unspecified atom stereocenters. The van der Waals surface area contributed by atoms with Crippen molar-refractivity contribution in [2.75, 3.05) is 6.54 Å². The van der Waals surface area contributed by atoms with E-state index in [-0.39, 0.29) is 41.1 Å². The van der Waals surface area contributed by atoms with E-state index in [1.54, 1.807) is 0 Å². The first-order chi connectivity index (χ1) is 11.5. The first-order valence-corrected chi connectivity index (χ1v) is 7.02. The number of phenols is 1. The number of fused-ring (bicyclic) bond motifs is 2. The van der Waals surface area contributed by atoms with Crippen LogP contribution in [0.25, 0.3) is 22.6 Å². The monoisotopic (exact) mass is 328 g/mol. The van der Waals surface area contributed by atoms with Gasteiger partial charge in [-0.05, 0) is 24.3 Å². The minimum atomic E-state index is -1.06. The first-order valence-electron chi connectivity index (χ1n) is 7.02. The van der Waals surface area contributed by atoms with Crippen LogP contribution in [0, 0.1) is 0 Å². The molecule has 1 amide bonds. The summed E-state index contributed by atoms with van der Waals surface area (Å²) in [5.41, 5.74) is 0.330. The number of aromatic nitrogens is 1. The van der Waals surface area contributed by atoms with Gasteiger partial charge in [0.15, 0.2) is 16.8 Å². The highest BCUT2D eigenvalue weighted by Gasteiger charge is 2.20. The largest absolute Gasteiger partial charge is 0.507 e. The van der Waals surface area contributed by atoms with Gasteiger partial charge in [0.1, 0.15) is 22.5 Å². The van der Waals surface area contributed by atoms with E-state index in [2.05, 4.69) is 10.3 Å². The smallest absolute Gasteiger partial charge is 0.305 e. The molecule has 8 nitrogen and oxygen atoms in total. The van der Waals surface area contributed by atoms with Crippen molar-refractivity contribution in [2.24, 2.45) is 0 Å². The van der Waals surface area contributed by atoms with Gasteiger partial charge in [0, 0.05) is 12.6 Å². The van der Waals surface area contributed by atoms with Crippen molar-refractivity contribution in [1.29, 1.82) is 0 Å². The number of carboxylic acid groups (broad SMARTS) is 1. The maximum atomic E-state index is 12.3. The number of amides is 1. The lowest BCUT2D eigenvalue weighted by atomic mass is 10.1. The van der Waals surface area contributed by atoms with Crippen LogP contribution in [0.2, 0.25) is 0 Å². The number of hydrogen-bond donors (Lipinski definition) is 3. The summed E-state index contributed by atoms with van der Waals surface area (Å²) in [5, 5.41) is 21.0. The van der Waals surface area contributed by atoms with E-state index in [1.807, 2.05) is 0 Å². The van der Waals surface area contributed by atoms with Gasteiger partial charge in [-0.3, -0.25) is 14.4 Å². The number of hydrogen-bond acceptors (Lipinski definition) is 6. The molecule has 0 saturated carbocycles. The molecule has 0 fully saturated rings. The summed E-state index contributed by atoms with van der Waals surface area (Å²) in [6.07, 6.45) is -0.255. The normalized spacial score (nSPS) is 10.8. The van der Waals surface area contributed by atoms with Gasteiger partial charge in [-0.15, -0.1) is 0 Å².